The number of benzene rings is 1. The number of carbonyl (C=O) groups excluding carboxylic acids is 2. The minimum absolute atomic E-state index is 0.132. The molecule has 136 valence electrons. The lowest BCUT2D eigenvalue weighted by Crippen LogP contribution is -2.13. The van der Waals surface area contributed by atoms with Crippen LogP contribution in [0.15, 0.2) is 28.9 Å². The number of anilines is 1. The average Bonchev–Trinajstić information content (AvgIpc) is 3.18. The first-order valence-corrected chi connectivity index (χ1v) is 8.82. The molecule has 0 bridgehead atoms. The molecule has 0 spiro atoms. The summed E-state index contributed by atoms with van der Waals surface area (Å²) in [5.41, 5.74) is 1.95. The maximum Gasteiger partial charge on any atom is 0.350 e. The van der Waals surface area contributed by atoms with E-state index >= 15 is 0 Å². The monoisotopic (exact) mass is 374 g/mol. The van der Waals surface area contributed by atoms with Gasteiger partial charge in [0.25, 0.3) is 0 Å². The van der Waals surface area contributed by atoms with Crippen molar-refractivity contribution in [3.05, 3.63) is 40.6 Å². The first-order valence-electron chi connectivity index (χ1n) is 8.00. The van der Waals surface area contributed by atoms with Gasteiger partial charge < -0.3 is 19.2 Å². The molecule has 3 aromatic rings. The molecule has 1 amide bonds. The number of aryl methyl sites for hydroxylation is 1. The Morgan fingerprint density at radius 1 is 1.35 bits per heavy atom. The number of hydrogen-bond acceptors (Lipinski definition) is 7. The standard InChI is InChI=1S/C18H18N2O5S/c1-4-24-17(22)16-10(2)19-18(26-16)20-15(21)7-11-9-25-14-8-12(23-3)5-6-13(11)14/h5-6,8-9H,4,7H2,1-3H3,(H,19,20,21). The van der Waals surface area contributed by atoms with Crippen LogP contribution in [0.1, 0.15) is 27.9 Å². The third-order valence-corrected chi connectivity index (χ3v) is 4.77. The van der Waals surface area contributed by atoms with Crippen LogP contribution < -0.4 is 10.1 Å². The zero-order valence-corrected chi connectivity index (χ0v) is 15.4. The first-order chi connectivity index (χ1) is 12.5. The number of fused-ring (bicyclic) bond motifs is 1. The van der Waals surface area contributed by atoms with E-state index in [9.17, 15) is 9.59 Å². The van der Waals surface area contributed by atoms with E-state index < -0.39 is 5.97 Å². The molecule has 26 heavy (non-hydrogen) atoms. The first kappa shape index (κ1) is 17.9. The molecule has 0 aliphatic rings. The lowest BCUT2D eigenvalue weighted by molar-refractivity contribution is -0.115. The van der Waals surface area contributed by atoms with Crippen LogP contribution in [-0.2, 0) is 16.0 Å². The minimum Gasteiger partial charge on any atom is -0.497 e. The summed E-state index contributed by atoms with van der Waals surface area (Å²) in [6.45, 7) is 3.73. The Labute approximate surface area is 153 Å². The van der Waals surface area contributed by atoms with Gasteiger partial charge in [-0.2, -0.15) is 0 Å². The van der Waals surface area contributed by atoms with Crippen molar-refractivity contribution in [1.29, 1.82) is 0 Å². The predicted molar refractivity (Wildman–Crippen MR) is 97.9 cm³/mol. The zero-order chi connectivity index (χ0) is 18.7. The summed E-state index contributed by atoms with van der Waals surface area (Å²) in [7, 11) is 1.58. The molecule has 8 heteroatoms. The van der Waals surface area contributed by atoms with E-state index in [4.69, 9.17) is 13.9 Å². The summed E-state index contributed by atoms with van der Waals surface area (Å²) in [6, 6.07) is 5.44. The van der Waals surface area contributed by atoms with Crippen LogP contribution in [0.4, 0.5) is 5.13 Å². The third kappa shape index (κ3) is 3.70. The molecule has 2 aromatic heterocycles. The van der Waals surface area contributed by atoms with Gasteiger partial charge in [-0.3, -0.25) is 4.79 Å². The van der Waals surface area contributed by atoms with Crippen molar-refractivity contribution < 1.29 is 23.5 Å². The highest BCUT2D eigenvalue weighted by molar-refractivity contribution is 7.17. The van der Waals surface area contributed by atoms with Crippen LogP contribution >= 0.6 is 11.3 Å². The molecule has 0 saturated heterocycles. The molecule has 0 saturated carbocycles. The van der Waals surface area contributed by atoms with Crippen molar-refractivity contribution in [2.45, 2.75) is 20.3 Å². The number of amides is 1. The van der Waals surface area contributed by atoms with Crippen molar-refractivity contribution in [2.24, 2.45) is 0 Å². The Balaban J connectivity index is 1.71. The molecule has 3 rings (SSSR count). The van der Waals surface area contributed by atoms with E-state index in [1.165, 1.54) is 0 Å². The van der Waals surface area contributed by atoms with Gasteiger partial charge in [0.15, 0.2) is 5.13 Å². The van der Waals surface area contributed by atoms with Crippen molar-refractivity contribution in [3.63, 3.8) is 0 Å². The summed E-state index contributed by atoms with van der Waals surface area (Å²) in [5.74, 6) is 0.0121. The van der Waals surface area contributed by atoms with Crippen LogP contribution in [0.2, 0.25) is 0 Å². The fourth-order valence-corrected chi connectivity index (χ4v) is 3.38. The van der Waals surface area contributed by atoms with Crippen LogP contribution in [0, 0.1) is 6.92 Å². The average molecular weight is 374 g/mol. The number of aromatic nitrogens is 1. The maximum absolute atomic E-state index is 12.3. The Hall–Kier alpha value is -2.87. The molecule has 0 atom stereocenters. The number of furan rings is 1. The Bertz CT molecular complexity index is 960. The van der Waals surface area contributed by atoms with Crippen LogP contribution in [0.3, 0.4) is 0 Å². The number of carbonyl (C=O) groups is 2. The SMILES string of the molecule is CCOC(=O)c1sc(NC(=O)Cc2coc3cc(OC)ccc23)nc1C. The van der Waals surface area contributed by atoms with Crippen molar-refractivity contribution in [3.8, 4) is 5.75 Å². The number of nitrogens with zero attached hydrogens (tertiary/aromatic N) is 1. The molecule has 0 aliphatic carbocycles. The van der Waals surface area contributed by atoms with Crippen molar-refractivity contribution >= 4 is 39.3 Å². The van der Waals surface area contributed by atoms with Gasteiger partial charge in [-0.25, -0.2) is 9.78 Å². The lowest BCUT2D eigenvalue weighted by atomic mass is 10.1. The number of hydrogen-bond donors (Lipinski definition) is 1. The summed E-state index contributed by atoms with van der Waals surface area (Å²) in [4.78, 5) is 28.8. The number of thiazole rings is 1. The molecular weight excluding hydrogens is 356 g/mol. The second-order valence-corrected chi connectivity index (χ2v) is 6.50. The van der Waals surface area contributed by atoms with Crippen LogP contribution in [0.5, 0.6) is 5.75 Å². The van der Waals surface area contributed by atoms with Gasteiger partial charge in [0, 0.05) is 17.0 Å². The lowest BCUT2D eigenvalue weighted by Gasteiger charge is -2.01. The maximum atomic E-state index is 12.3. The van der Waals surface area contributed by atoms with Gasteiger partial charge in [-0.15, -0.1) is 0 Å². The highest BCUT2D eigenvalue weighted by Gasteiger charge is 2.18. The zero-order valence-electron chi connectivity index (χ0n) is 14.6. The normalized spacial score (nSPS) is 10.7. The third-order valence-electron chi connectivity index (χ3n) is 3.72. The van der Waals surface area contributed by atoms with Gasteiger partial charge >= 0.3 is 5.97 Å². The molecule has 7 nitrogen and oxygen atoms in total. The molecule has 2 heterocycles. The van der Waals surface area contributed by atoms with E-state index in [2.05, 4.69) is 10.3 Å². The Morgan fingerprint density at radius 2 is 2.15 bits per heavy atom. The molecule has 1 aromatic carbocycles. The van der Waals surface area contributed by atoms with E-state index in [0.717, 1.165) is 22.3 Å². The van der Waals surface area contributed by atoms with Gasteiger partial charge in [0.2, 0.25) is 5.91 Å². The van der Waals surface area contributed by atoms with E-state index in [0.29, 0.717) is 27.0 Å². The highest BCUT2D eigenvalue weighted by Crippen LogP contribution is 2.27. The summed E-state index contributed by atoms with van der Waals surface area (Å²) >= 11 is 1.10. The molecule has 0 unspecified atom stereocenters. The second kappa shape index (κ2) is 7.57. The predicted octanol–water partition coefficient (Wildman–Crippen LogP) is 3.56. The van der Waals surface area contributed by atoms with Gasteiger partial charge in [0.05, 0.1) is 32.1 Å². The van der Waals surface area contributed by atoms with E-state index in [-0.39, 0.29) is 18.9 Å². The van der Waals surface area contributed by atoms with E-state index in [1.54, 1.807) is 33.3 Å². The number of ether oxygens (including phenoxy) is 2. The smallest absolute Gasteiger partial charge is 0.350 e. The largest absolute Gasteiger partial charge is 0.497 e. The Kier molecular flexibility index (Phi) is 5.22. The van der Waals surface area contributed by atoms with E-state index in [1.807, 2.05) is 12.1 Å². The number of methoxy groups -OCH3 is 1. The molecule has 1 N–H and O–H groups in total. The molecule has 0 radical (unpaired) electrons. The fraction of sp³-hybridized carbons (Fsp3) is 0.278. The van der Waals surface area contributed by atoms with Crippen LogP contribution in [-0.4, -0.2) is 30.6 Å². The summed E-state index contributed by atoms with van der Waals surface area (Å²) in [5, 5.41) is 3.94. The van der Waals surface area contributed by atoms with Crippen molar-refractivity contribution in [1.82, 2.24) is 4.98 Å². The second-order valence-electron chi connectivity index (χ2n) is 5.50. The summed E-state index contributed by atoms with van der Waals surface area (Å²) < 4.78 is 15.6. The molecule has 0 aliphatic heterocycles. The van der Waals surface area contributed by atoms with Gasteiger partial charge in [-0.05, 0) is 26.0 Å². The van der Waals surface area contributed by atoms with Crippen LogP contribution in [0.25, 0.3) is 11.0 Å². The van der Waals surface area contributed by atoms with Gasteiger partial charge in [-0.1, -0.05) is 11.3 Å². The fourth-order valence-electron chi connectivity index (χ4n) is 2.50. The van der Waals surface area contributed by atoms with Gasteiger partial charge in [0.1, 0.15) is 16.2 Å². The topological polar surface area (TPSA) is 90.7 Å². The molecular formula is C18H18N2O5S. The molecule has 0 fully saturated rings. The van der Waals surface area contributed by atoms with Crippen molar-refractivity contribution in [2.75, 3.05) is 19.0 Å². The minimum atomic E-state index is -0.433. The summed E-state index contributed by atoms with van der Waals surface area (Å²) in [6.07, 6.45) is 1.69. The number of esters is 1. The number of rotatable bonds is 6. The Morgan fingerprint density at radius 3 is 2.88 bits per heavy atom. The number of nitrogens with one attached hydrogen (secondary N) is 1. The highest BCUT2D eigenvalue weighted by atomic mass is 32.1. The quantitative estimate of drug-likeness (QED) is 0.664.